The summed E-state index contributed by atoms with van der Waals surface area (Å²) in [5.41, 5.74) is 1.23. The summed E-state index contributed by atoms with van der Waals surface area (Å²) < 4.78 is 0. The highest BCUT2D eigenvalue weighted by atomic mass is 16.3. The molecule has 0 spiro atoms. The molecular formula is C9H11NO. The van der Waals surface area contributed by atoms with Gasteiger partial charge in [0, 0.05) is 12.6 Å². The van der Waals surface area contributed by atoms with Gasteiger partial charge in [0.25, 0.3) is 0 Å². The lowest BCUT2D eigenvalue weighted by Gasteiger charge is -2.16. The van der Waals surface area contributed by atoms with Gasteiger partial charge in [0.15, 0.2) is 0 Å². The Morgan fingerprint density at radius 3 is 3.36 bits per heavy atom. The van der Waals surface area contributed by atoms with Crippen molar-refractivity contribution >= 4 is 0 Å². The van der Waals surface area contributed by atoms with Crippen molar-refractivity contribution in [3.63, 3.8) is 0 Å². The van der Waals surface area contributed by atoms with Gasteiger partial charge in [-0.25, -0.2) is 0 Å². The number of hydrogen-bond donors (Lipinski definition) is 2. The quantitative estimate of drug-likeness (QED) is 0.544. The number of rotatable bonds is 0. The van der Waals surface area contributed by atoms with Crippen LogP contribution in [0.1, 0.15) is 6.42 Å². The van der Waals surface area contributed by atoms with E-state index in [9.17, 15) is 5.11 Å². The molecule has 2 aliphatic rings. The predicted octanol–water partition coefficient (Wildman–Crippen LogP) is 1.29. The van der Waals surface area contributed by atoms with Crippen LogP contribution in [0.3, 0.4) is 0 Å². The largest absolute Gasteiger partial charge is 0.508 e. The van der Waals surface area contributed by atoms with Crippen LogP contribution >= 0.6 is 0 Å². The first-order valence-corrected chi connectivity index (χ1v) is 3.87. The Labute approximate surface area is 65.9 Å². The fourth-order valence-electron chi connectivity index (χ4n) is 1.44. The minimum absolute atomic E-state index is 0.319. The molecule has 2 rings (SSSR count). The molecule has 0 saturated heterocycles. The summed E-state index contributed by atoms with van der Waals surface area (Å²) in [6.45, 7) is 1.00. The lowest BCUT2D eigenvalue weighted by atomic mass is 10.1. The van der Waals surface area contributed by atoms with Gasteiger partial charge in [-0.1, -0.05) is 12.2 Å². The molecule has 11 heavy (non-hydrogen) atoms. The van der Waals surface area contributed by atoms with E-state index in [1.165, 1.54) is 5.57 Å². The van der Waals surface area contributed by atoms with Crippen LogP contribution in [0.15, 0.2) is 35.6 Å². The van der Waals surface area contributed by atoms with Crippen molar-refractivity contribution in [3.8, 4) is 0 Å². The predicted molar refractivity (Wildman–Crippen MR) is 44.3 cm³/mol. The van der Waals surface area contributed by atoms with Gasteiger partial charge in [-0.15, -0.1) is 0 Å². The average Bonchev–Trinajstić information content (AvgIpc) is 2.12. The van der Waals surface area contributed by atoms with Gasteiger partial charge in [-0.2, -0.15) is 0 Å². The van der Waals surface area contributed by atoms with Crippen molar-refractivity contribution in [2.75, 3.05) is 6.54 Å². The van der Waals surface area contributed by atoms with Crippen LogP contribution in [0.25, 0.3) is 0 Å². The van der Waals surface area contributed by atoms with Crippen LogP contribution in [0.2, 0.25) is 0 Å². The molecule has 0 aromatic heterocycles. The second-order valence-corrected chi connectivity index (χ2v) is 2.90. The number of aliphatic hydroxyl groups excluding tert-OH is 1. The van der Waals surface area contributed by atoms with E-state index in [4.69, 9.17) is 0 Å². The van der Waals surface area contributed by atoms with Crippen molar-refractivity contribution in [3.05, 3.63) is 35.6 Å². The van der Waals surface area contributed by atoms with Crippen LogP contribution in [0, 0.1) is 0 Å². The fourth-order valence-corrected chi connectivity index (χ4v) is 1.44. The molecule has 1 aliphatic heterocycles. The van der Waals surface area contributed by atoms with Gasteiger partial charge < -0.3 is 10.4 Å². The summed E-state index contributed by atoms with van der Waals surface area (Å²) in [7, 11) is 0. The van der Waals surface area contributed by atoms with Crippen LogP contribution in [-0.2, 0) is 0 Å². The van der Waals surface area contributed by atoms with Gasteiger partial charge in [0.2, 0.25) is 0 Å². The second kappa shape index (κ2) is 2.55. The maximum Gasteiger partial charge on any atom is 0.115 e. The third kappa shape index (κ3) is 1.35. The molecular weight excluding hydrogens is 138 g/mol. The van der Waals surface area contributed by atoms with Gasteiger partial charge in [0.05, 0.1) is 0 Å². The zero-order valence-corrected chi connectivity index (χ0v) is 6.25. The zero-order valence-electron chi connectivity index (χ0n) is 6.25. The van der Waals surface area contributed by atoms with Gasteiger partial charge in [-0.3, -0.25) is 0 Å². The number of hydrogen-bond acceptors (Lipinski definition) is 2. The maximum absolute atomic E-state index is 9.24. The summed E-state index contributed by atoms with van der Waals surface area (Å²) in [5.74, 6) is 0.363. The number of fused-ring (bicyclic) bond motifs is 1. The normalized spacial score (nSPS) is 28.9. The molecule has 2 nitrogen and oxygen atoms in total. The Morgan fingerprint density at radius 2 is 2.45 bits per heavy atom. The van der Waals surface area contributed by atoms with Crippen molar-refractivity contribution in [1.29, 1.82) is 0 Å². The van der Waals surface area contributed by atoms with E-state index >= 15 is 0 Å². The van der Waals surface area contributed by atoms with Crippen LogP contribution in [0.5, 0.6) is 0 Å². The number of allylic oxidation sites excluding steroid dienone is 2. The molecule has 0 aromatic rings. The number of nitrogens with one attached hydrogen (secondary N) is 1. The van der Waals surface area contributed by atoms with Crippen LogP contribution < -0.4 is 5.32 Å². The first kappa shape index (κ1) is 6.68. The van der Waals surface area contributed by atoms with E-state index < -0.39 is 0 Å². The van der Waals surface area contributed by atoms with Crippen molar-refractivity contribution in [1.82, 2.24) is 5.32 Å². The Balaban J connectivity index is 2.33. The van der Waals surface area contributed by atoms with E-state index in [0.717, 1.165) is 13.0 Å². The topological polar surface area (TPSA) is 32.3 Å². The van der Waals surface area contributed by atoms with Crippen LogP contribution in [0.4, 0.5) is 0 Å². The molecule has 0 aromatic carbocycles. The molecule has 0 fully saturated rings. The lowest BCUT2D eigenvalue weighted by Crippen LogP contribution is -2.29. The fraction of sp³-hybridized carbons (Fsp3) is 0.333. The summed E-state index contributed by atoms with van der Waals surface area (Å²) >= 11 is 0. The third-order valence-corrected chi connectivity index (χ3v) is 1.99. The third-order valence-electron chi connectivity index (χ3n) is 1.99. The Bertz CT molecular complexity index is 250. The molecule has 0 radical (unpaired) electrons. The minimum atomic E-state index is 0.319. The molecule has 1 heterocycles. The van der Waals surface area contributed by atoms with E-state index in [-0.39, 0.29) is 0 Å². The highest BCUT2D eigenvalue weighted by Crippen LogP contribution is 2.15. The van der Waals surface area contributed by atoms with Crippen LogP contribution in [-0.4, -0.2) is 17.7 Å². The van der Waals surface area contributed by atoms with Gasteiger partial charge >= 0.3 is 0 Å². The smallest absolute Gasteiger partial charge is 0.115 e. The highest BCUT2D eigenvalue weighted by molar-refractivity contribution is 5.34. The van der Waals surface area contributed by atoms with Gasteiger partial charge in [-0.05, 0) is 24.1 Å². The second-order valence-electron chi connectivity index (χ2n) is 2.90. The van der Waals surface area contributed by atoms with Crippen molar-refractivity contribution < 1.29 is 5.11 Å². The van der Waals surface area contributed by atoms with E-state index in [0.29, 0.717) is 11.8 Å². The molecule has 58 valence electrons. The molecule has 1 aliphatic carbocycles. The average molecular weight is 149 g/mol. The lowest BCUT2D eigenvalue weighted by molar-refractivity contribution is 0.432. The molecule has 1 unspecified atom stereocenters. The SMILES string of the molecule is OC1=CC2=CC(C=C1)NCC2. The zero-order chi connectivity index (χ0) is 7.68. The molecule has 2 N–H and O–H groups in total. The Kier molecular flexibility index (Phi) is 1.55. The highest BCUT2D eigenvalue weighted by Gasteiger charge is 2.11. The Hall–Kier alpha value is -1.02. The van der Waals surface area contributed by atoms with E-state index in [2.05, 4.69) is 11.4 Å². The van der Waals surface area contributed by atoms with E-state index in [1.807, 2.05) is 12.2 Å². The molecule has 2 heteroatoms. The van der Waals surface area contributed by atoms with Gasteiger partial charge in [0.1, 0.15) is 5.76 Å². The molecule has 2 bridgehead atoms. The van der Waals surface area contributed by atoms with Crippen molar-refractivity contribution in [2.24, 2.45) is 0 Å². The van der Waals surface area contributed by atoms with E-state index in [1.54, 1.807) is 6.08 Å². The first-order chi connectivity index (χ1) is 5.34. The maximum atomic E-state index is 9.24. The number of aliphatic hydroxyl groups is 1. The standard InChI is InChI=1S/C9H11NO/c11-9-2-1-8-5-7(6-9)3-4-10-8/h1-2,5-6,8,10-11H,3-4H2. The first-order valence-electron chi connectivity index (χ1n) is 3.87. The van der Waals surface area contributed by atoms with Crippen molar-refractivity contribution in [2.45, 2.75) is 12.5 Å². The molecule has 0 saturated carbocycles. The minimum Gasteiger partial charge on any atom is -0.508 e. The summed E-state index contributed by atoms with van der Waals surface area (Å²) in [4.78, 5) is 0. The monoisotopic (exact) mass is 149 g/mol. The Morgan fingerprint density at radius 1 is 1.55 bits per heavy atom. The summed E-state index contributed by atoms with van der Waals surface area (Å²) in [5, 5.41) is 12.5. The summed E-state index contributed by atoms with van der Waals surface area (Å²) in [6, 6.07) is 0.319. The molecule has 0 amide bonds. The summed E-state index contributed by atoms with van der Waals surface area (Å²) in [6.07, 6.45) is 8.70. The molecule has 1 atom stereocenters.